The molecule has 0 N–H and O–H groups in total. The van der Waals surface area contributed by atoms with Gasteiger partial charge in [0.25, 0.3) is 0 Å². The highest BCUT2D eigenvalue weighted by Gasteiger charge is 2.01. The third kappa shape index (κ3) is 17.3. The summed E-state index contributed by atoms with van der Waals surface area (Å²) in [4.78, 5) is 3.77. The number of nitrogens with zero attached hydrogens (tertiary/aromatic N) is 1. The molecule has 0 unspecified atom stereocenters. The van der Waals surface area contributed by atoms with Gasteiger partial charge in [-0.3, -0.25) is 4.99 Å². The molecule has 52 valence electrons. The molecule has 8 heavy (non-hydrogen) atoms. The van der Waals surface area contributed by atoms with Gasteiger partial charge in [-0.25, -0.2) is 0 Å². The summed E-state index contributed by atoms with van der Waals surface area (Å²) in [5, 5.41) is 0. The fourth-order valence-corrected chi connectivity index (χ4v) is 0. The first-order chi connectivity index (χ1) is 2.56. The van der Waals surface area contributed by atoms with Gasteiger partial charge in [-0.2, -0.15) is 0 Å². The highest BCUT2D eigenvalue weighted by Crippen LogP contribution is 2.02. The summed E-state index contributed by atoms with van der Waals surface area (Å²) in [6.07, 6.45) is 0. The maximum Gasteiger partial charge on any atom is 0.0516 e. The molecule has 0 aromatic carbocycles. The van der Waals surface area contributed by atoms with Gasteiger partial charge in [-0.15, -0.1) is 0 Å². The summed E-state index contributed by atoms with van der Waals surface area (Å²) in [7, 11) is 0. The molecule has 1 heteroatoms. The number of aliphatic imine (C=N–C) groups is 1. The van der Waals surface area contributed by atoms with Crippen molar-refractivity contribution in [3.63, 3.8) is 0 Å². The Hall–Kier alpha value is -0.330. The molecule has 0 fully saturated rings. The molecule has 0 heterocycles. The Bertz CT molecular complexity index is 49.9. The van der Waals surface area contributed by atoms with Crippen LogP contribution in [0.4, 0.5) is 0 Å². The van der Waals surface area contributed by atoms with Crippen LogP contribution in [0.25, 0.3) is 0 Å². The van der Waals surface area contributed by atoms with Gasteiger partial charge >= 0.3 is 0 Å². The van der Waals surface area contributed by atoms with Crippen molar-refractivity contribution < 1.29 is 0 Å². The lowest BCUT2D eigenvalue weighted by Gasteiger charge is -2.07. The first-order valence-corrected chi connectivity index (χ1v) is 2.04. The zero-order valence-corrected chi connectivity index (χ0v) is 4.65. The van der Waals surface area contributed by atoms with Crippen molar-refractivity contribution in [2.75, 3.05) is 0 Å². The Balaban J connectivity index is -0.000000125. The van der Waals surface area contributed by atoms with Crippen LogP contribution in [0.1, 0.15) is 35.6 Å². The van der Waals surface area contributed by atoms with E-state index in [9.17, 15) is 0 Å². The van der Waals surface area contributed by atoms with Gasteiger partial charge in [0, 0.05) is 0 Å². The van der Waals surface area contributed by atoms with E-state index in [0.29, 0.717) is 0 Å². The smallest absolute Gasteiger partial charge is 0.0516 e. The molecule has 0 saturated heterocycles. The van der Waals surface area contributed by atoms with Gasteiger partial charge in [0.2, 0.25) is 0 Å². The lowest BCUT2D eigenvalue weighted by molar-refractivity contribution is 0.588. The fraction of sp³-hybridized carbons (Fsp3) is 0.857. The Labute approximate surface area is 53.8 Å². The average Bonchev–Trinajstić information content (AvgIpc) is 1.35. The zero-order valence-electron chi connectivity index (χ0n) is 4.65. The van der Waals surface area contributed by atoms with Crippen LogP contribution in [0.2, 0.25) is 0 Å². The molecule has 0 aromatic heterocycles. The molecule has 0 bridgehead atoms. The SMILES string of the molecule is C.C.C=NC(C)(C)C. The summed E-state index contributed by atoms with van der Waals surface area (Å²) in [6.45, 7) is 9.42. The minimum atomic E-state index is 0. The van der Waals surface area contributed by atoms with Crippen molar-refractivity contribution in [3.05, 3.63) is 0 Å². The van der Waals surface area contributed by atoms with Crippen molar-refractivity contribution >= 4 is 6.72 Å². The minimum absolute atomic E-state index is 0. The lowest BCUT2D eigenvalue weighted by atomic mass is 10.1. The summed E-state index contributed by atoms with van der Waals surface area (Å²) in [6, 6.07) is 0. The van der Waals surface area contributed by atoms with Gasteiger partial charge in [0.05, 0.1) is 5.54 Å². The Morgan fingerprint density at radius 3 is 1.25 bits per heavy atom. The van der Waals surface area contributed by atoms with Crippen molar-refractivity contribution in [2.24, 2.45) is 4.99 Å². The van der Waals surface area contributed by atoms with Gasteiger partial charge in [0.15, 0.2) is 0 Å². The van der Waals surface area contributed by atoms with E-state index < -0.39 is 0 Å². The van der Waals surface area contributed by atoms with Gasteiger partial charge in [-0.05, 0) is 27.5 Å². The third-order valence-electron chi connectivity index (χ3n) is 0.474. The van der Waals surface area contributed by atoms with E-state index in [1.165, 1.54) is 0 Å². The Kier molecular flexibility index (Phi) is 9.43. The van der Waals surface area contributed by atoms with Crippen LogP contribution in [-0.4, -0.2) is 12.3 Å². The molecule has 0 saturated carbocycles. The molecule has 1 nitrogen and oxygen atoms in total. The van der Waals surface area contributed by atoms with Crippen LogP contribution >= 0.6 is 0 Å². The second-order valence-corrected chi connectivity index (χ2v) is 2.33. The number of hydrogen-bond donors (Lipinski definition) is 0. The van der Waals surface area contributed by atoms with E-state index in [4.69, 9.17) is 0 Å². The van der Waals surface area contributed by atoms with Gasteiger partial charge in [-0.1, -0.05) is 14.9 Å². The maximum absolute atomic E-state index is 3.77. The first kappa shape index (κ1) is 15.6. The van der Waals surface area contributed by atoms with E-state index in [2.05, 4.69) is 11.7 Å². The standard InChI is InChI=1S/C5H11N.2CH4/c1-5(2,3)6-4;;/h4H2,1-3H3;2*1H4. The third-order valence-corrected chi connectivity index (χ3v) is 0.474. The van der Waals surface area contributed by atoms with Crippen molar-refractivity contribution in [3.8, 4) is 0 Å². The first-order valence-electron chi connectivity index (χ1n) is 2.04. The predicted molar refractivity (Wildman–Crippen MR) is 42.8 cm³/mol. The highest BCUT2D eigenvalue weighted by molar-refractivity contribution is 5.24. The monoisotopic (exact) mass is 117 g/mol. The van der Waals surface area contributed by atoms with E-state index in [1.54, 1.807) is 0 Å². The van der Waals surface area contributed by atoms with Gasteiger partial charge < -0.3 is 0 Å². The van der Waals surface area contributed by atoms with Crippen molar-refractivity contribution in [1.82, 2.24) is 0 Å². The summed E-state index contributed by atoms with van der Waals surface area (Å²) in [5.74, 6) is 0. The Morgan fingerprint density at radius 2 is 1.25 bits per heavy atom. The second-order valence-electron chi connectivity index (χ2n) is 2.33. The predicted octanol–water partition coefficient (Wildman–Crippen LogP) is 2.76. The summed E-state index contributed by atoms with van der Waals surface area (Å²) in [5.41, 5.74) is 0.0556. The quantitative estimate of drug-likeness (QED) is 0.433. The summed E-state index contributed by atoms with van der Waals surface area (Å²) < 4.78 is 0. The van der Waals surface area contributed by atoms with Crippen LogP contribution < -0.4 is 0 Å². The Morgan fingerprint density at radius 1 is 1.12 bits per heavy atom. The topological polar surface area (TPSA) is 12.4 Å². The minimum Gasteiger partial charge on any atom is -0.295 e. The van der Waals surface area contributed by atoms with Crippen molar-refractivity contribution in [2.45, 2.75) is 41.2 Å². The van der Waals surface area contributed by atoms with Crippen LogP contribution in [0.3, 0.4) is 0 Å². The molecule has 0 atom stereocenters. The molecule has 0 aliphatic rings. The van der Waals surface area contributed by atoms with E-state index in [0.717, 1.165) is 0 Å². The van der Waals surface area contributed by atoms with Crippen LogP contribution in [-0.2, 0) is 0 Å². The molecule has 0 radical (unpaired) electrons. The molecule has 0 amide bonds. The van der Waals surface area contributed by atoms with Crippen LogP contribution in [0.15, 0.2) is 4.99 Å². The lowest BCUT2D eigenvalue weighted by Crippen LogP contribution is -2.07. The average molecular weight is 117 g/mol. The van der Waals surface area contributed by atoms with E-state index in [1.807, 2.05) is 20.8 Å². The summed E-state index contributed by atoms with van der Waals surface area (Å²) >= 11 is 0. The van der Waals surface area contributed by atoms with E-state index >= 15 is 0 Å². The van der Waals surface area contributed by atoms with E-state index in [-0.39, 0.29) is 20.4 Å². The number of hydrogen-bond acceptors (Lipinski definition) is 1. The zero-order chi connectivity index (χ0) is 5.21. The normalized spacial score (nSPS) is 8.38. The molecule has 0 rings (SSSR count). The molecule has 0 aliphatic carbocycles. The van der Waals surface area contributed by atoms with Crippen LogP contribution in [0.5, 0.6) is 0 Å². The maximum atomic E-state index is 3.77. The largest absolute Gasteiger partial charge is 0.295 e. The number of rotatable bonds is 0. The van der Waals surface area contributed by atoms with Crippen LogP contribution in [0, 0.1) is 0 Å². The van der Waals surface area contributed by atoms with Crippen molar-refractivity contribution in [1.29, 1.82) is 0 Å². The second kappa shape index (κ2) is 4.82. The fourth-order valence-electron chi connectivity index (χ4n) is 0. The molecule has 0 aromatic rings. The molecule has 0 spiro atoms. The van der Waals surface area contributed by atoms with Gasteiger partial charge in [0.1, 0.15) is 0 Å². The molecular weight excluding hydrogens is 98.1 g/mol. The molecular formula is C7H19N. The highest BCUT2D eigenvalue weighted by atomic mass is 14.8. The molecule has 0 aliphatic heterocycles.